The molecule has 0 atom stereocenters. The molecule has 2 heterocycles. The van der Waals surface area contributed by atoms with Crippen LogP contribution in [0.1, 0.15) is 31.1 Å². The second-order valence-electron chi connectivity index (χ2n) is 7.98. The molecular formula is C24H28N2O6S2. The molecule has 0 spiro atoms. The molecule has 182 valence electrons. The fourth-order valence-electron chi connectivity index (χ4n) is 3.93. The Labute approximate surface area is 200 Å². The van der Waals surface area contributed by atoms with Gasteiger partial charge >= 0.3 is 0 Å². The third kappa shape index (κ3) is 5.20. The number of sulfonamides is 2. The van der Waals surface area contributed by atoms with E-state index in [1.165, 1.54) is 39.1 Å². The number of nitrogens with zero attached hydrogens (tertiary/aromatic N) is 2. The van der Waals surface area contributed by atoms with Gasteiger partial charge in [-0.05, 0) is 62.2 Å². The summed E-state index contributed by atoms with van der Waals surface area (Å²) in [5.74, 6) is 1.10. The number of ether oxygens (including phenoxy) is 1. The number of para-hydroxylation sites is 1. The van der Waals surface area contributed by atoms with Crippen LogP contribution in [0.5, 0.6) is 5.75 Å². The van der Waals surface area contributed by atoms with Gasteiger partial charge in [0.25, 0.3) is 0 Å². The van der Waals surface area contributed by atoms with E-state index >= 15 is 0 Å². The van der Waals surface area contributed by atoms with E-state index in [9.17, 15) is 16.8 Å². The molecule has 0 N–H and O–H groups in total. The van der Waals surface area contributed by atoms with Gasteiger partial charge in [0.2, 0.25) is 20.0 Å². The maximum Gasteiger partial charge on any atom is 0.243 e. The lowest BCUT2D eigenvalue weighted by Crippen LogP contribution is -2.30. The summed E-state index contributed by atoms with van der Waals surface area (Å²) in [6, 6.07) is 16.1. The first kappa shape index (κ1) is 24.5. The molecule has 0 amide bonds. The molecule has 8 nitrogen and oxygen atoms in total. The van der Waals surface area contributed by atoms with Crippen LogP contribution in [0.2, 0.25) is 0 Å². The predicted molar refractivity (Wildman–Crippen MR) is 127 cm³/mol. The molecule has 2 aromatic carbocycles. The Morgan fingerprint density at radius 2 is 1.56 bits per heavy atom. The number of furan rings is 1. The molecule has 0 saturated carbocycles. The Hall–Kier alpha value is -2.66. The standard InChI is InChI=1S/C24H28N2O6S2/c1-2-31-24-10-4-3-8-20(24)18-26(19-21-9-7-17-32-21)34(29,30)23-13-11-22(12-14-23)33(27,28)25-15-5-6-16-25/h3-4,7-14,17H,2,5-6,15-16,18-19H2,1H3. The predicted octanol–water partition coefficient (Wildman–Crippen LogP) is 3.85. The minimum atomic E-state index is -3.98. The topological polar surface area (TPSA) is 97.1 Å². The van der Waals surface area contributed by atoms with E-state index in [0.717, 1.165) is 12.8 Å². The van der Waals surface area contributed by atoms with Crippen molar-refractivity contribution >= 4 is 20.0 Å². The van der Waals surface area contributed by atoms with Crippen molar-refractivity contribution < 1.29 is 26.0 Å². The van der Waals surface area contributed by atoms with Gasteiger partial charge in [-0.2, -0.15) is 8.61 Å². The zero-order valence-corrected chi connectivity index (χ0v) is 20.6. The van der Waals surface area contributed by atoms with Crippen LogP contribution in [0.3, 0.4) is 0 Å². The first-order chi connectivity index (χ1) is 16.3. The zero-order chi connectivity index (χ0) is 24.2. The van der Waals surface area contributed by atoms with Gasteiger partial charge in [0.15, 0.2) is 0 Å². The number of hydrogen-bond donors (Lipinski definition) is 0. The van der Waals surface area contributed by atoms with E-state index in [4.69, 9.17) is 9.15 Å². The molecule has 4 rings (SSSR count). The van der Waals surface area contributed by atoms with Crippen LogP contribution >= 0.6 is 0 Å². The van der Waals surface area contributed by atoms with E-state index < -0.39 is 20.0 Å². The lowest BCUT2D eigenvalue weighted by molar-refractivity contribution is 0.321. The summed E-state index contributed by atoms with van der Waals surface area (Å²) >= 11 is 0. The fourth-order valence-corrected chi connectivity index (χ4v) is 6.83. The van der Waals surface area contributed by atoms with Gasteiger partial charge in [-0.3, -0.25) is 0 Å². The average molecular weight is 505 g/mol. The number of hydrogen-bond acceptors (Lipinski definition) is 6. The van der Waals surface area contributed by atoms with Crippen LogP contribution in [0.25, 0.3) is 0 Å². The SMILES string of the molecule is CCOc1ccccc1CN(Cc1ccco1)S(=O)(=O)c1ccc(S(=O)(=O)N2CCCC2)cc1. The monoisotopic (exact) mass is 504 g/mol. The summed E-state index contributed by atoms with van der Waals surface area (Å²) in [5.41, 5.74) is 0.715. The van der Waals surface area contributed by atoms with Crippen LogP contribution in [0, 0.1) is 0 Å². The second kappa shape index (κ2) is 10.3. The highest BCUT2D eigenvalue weighted by Gasteiger charge is 2.30. The lowest BCUT2D eigenvalue weighted by atomic mass is 10.2. The van der Waals surface area contributed by atoms with E-state index in [0.29, 0.717) is 36.8 Å². The molecular weight excluding hydrogens is 476 g/mol. The largest absolute Gasteiger partial charge is 0.494 e. The van der Waals surface area contributed by atoms with Gasteiger partial charge in [0, 0.05) is 25.2 Å². The average Bonchev–Trinajstić information content (AvgIpc) is 3.55. The highest BCUT2D eigenvalue weighted by molar-refractivity contribution is 7.89. The summed E-state index contributed by atoms with van der Waals surface area (Å²) < 4.78 is 66.7. The molecule has 1 aromatic heterocycles. The van der Waals surface area contributed by atoms with Gasteiger partial charge in [-0.15, -0.1) is 0 Å². The summed E-state index contributed by atoms with van der Waals surface area (Å²) in [7, 11) is -7.61. The van der Waals surface area contributed by atoms with E-state index in [1.54, 1.807) is 18.2 Å². The van der Waals surface area contributed by atoms with Crippen molar-refractivity contribution in [1.29, 1.82) is 0 Å². The minimum absolute atomic E-state index is 0.00770. The molecule has 1 saturated heterocycles. The molecule has 0 bridgehead atoms. The van der Waals surface area contributed by atoms with Gasteiger partial charge in [0.05, 0.1) is 29.2 Å². The maximum absolute atomic E-state index is 13.6. The minimum Gasteiger partial charge on any atom is -0.494 e. The number of benzene rings is 2. The molecule has 1 fully saturated rings. The van der Waals surface area contributed by atoms with Crippen molar-refractivity contribution in [1.82, 2.24) is 8.61 Å². The molecule has 3 aromatic rings. The van der Waals surface area contributed by atoms with Gasteiger partial charge < -0.3 is 9.15 Å². The van der Waals surface area contributed by atoms with E-state index in [-0.39, 0.29) is 22.9 Å². The Morgan fingerprint density at radius 1 is 0.882 bits per heavy atom. The first-order valence-electron chi connectivity index (χ1n) is 11.2. The quantitative estimate of drug-likeness (QED) is 0.416. The fraction of sp³-hybridized carbons (Fsp3) is 0.333. The Balaban J connectivity index is 1.65. The maximum atomic E-state index is 13.6. The van der Waals surface area contributed by atoms with Crippen molar-refractivity contribution in [2.24, 2.45) is 0 Å². The summed E-state index contributed by atoms with van der Waals surface area (Å²) in [4.78, 5) is 0.0981. The van der Waals surface area contributed by atoms with Gasteiger partial charge in [-0.1, -0.05) is 18.2 Å². The van der Waals surface area contributed by atoms with Crippen LogP contribution in [0.4, 0.5) is 0 Å². The van der Waals surface area contributed by atoms with E-state index in [1.807, 2.05) is 25.1 Å². The zero-order valence-electron chi connectivity index (χ0n) is 19.0. The van der Waals surface area contributed by atoms with Crippen LogP contribution < -0.4 is 4.74 Å². The van der Waals surface area contributed by atoms with Crippen molar-refractivity contribution in [3.05, 3.63) is 78.3 Å². The molecule has 10 heteroatoms. The Morgan fingerprint density at radius 3 is 2.21 bits per heavy atom. The smallest absolute Gasteiger partial charge is 0.243 e. The first-order valence-corrected chi connectivity index (χ1v) is 14.0. The summed E-state index contributed by atoms with van der Waals surface area (Å²) in [6.45, 7) is 3.37. The molecule has 0 radical (unpaired) electrons. The highest BCUT2D eigenvalue weighted by atomic mass is 32.2. The highest BCUT2D eigenvalue weighted by Crippen LogP contribution is 2.27. The van der Waals surface area contributed by atoms with Crippen molar-refractivity contribution in [3.63, 3.8) is 0 Å². The Kier molecular flexibility index (Phi) is 7.42. The molecule has 0 aliphatic carbocycles. The third-order valence-electron chi connectivity index (χ3n) is 5.70. The van der Waals surface area contributed by atoms with Gasteiger partial charge in [-0.25, -0.2) is 16.8 Å². The van der Waals surface area contributed by atoms with E-state index in [2.05, 4.69) is 0 Å². The van der Waals surface area contributed by atoms with Crippen molar-refractivity contribution in [2.75, 3.05) is 19.7 Å². The molecule has 0 unspecified atom stereocenters. The van der Waals surface area contributed by atoms with Gasteiger partial charge in [0.1, 0.15) is 11.5 Å². The normalized spacial score (nSPS) is 15.1. The van der Waals surface area contributed by atoms with Crippen LogP contribution in [0.15, 0.2) is 81.1 Å². The second-order valence-corrected chi connectivity index (χ2v) is 11.9. The molecule has 34 heavy (non-hydrogen) atoms. The molecule has 1 aliphatic heterocycles. The lowest BCUT2D eigenvalue weighted by Gasteiger charge is -2.23. The van der Waals surface area contributed by atoms with Crippen LogP contribution in [-0.2, 0) is 33.1 Å². The summed E-state index contributed by atoms with van der Waals surface area (Å²) in [6.07, 6.45) is 3.15. The Bertz CT molecular complexity index is 1300. The third-order valence-corrected chi connectivity index (χ3v) is 9.41. The van der Waals surface area contributed by atoms with Crippen LogP contribution in [-0.4, -0.2) is 45.1 Å². The number of rotatable bonds is 10. The summed E-state index contributed by atoms with van der Waals surface area (Å²) in [5, 5.41) is 0. The molecule has 1 aliphatic rings. The van der Waals surface area contributed by atoms with Crippen molar-refractivity contribution in [2.45, 2.75) is 42.6 Å². The van der Waals surface area contributed by atoms with Crippen molar-refractivity contribution in [3.8, 4) is 5.75 Å².